The van der Waals surface area contributed by atoms with Crippen molar-refractivity contribution >= 4 is 46.4 Å². The lowest BCUT2D eigenvalue weighted by Gasteiger charge is -2.11. The zero-order chi connectivity index (χ0) is 22.5. The summed E-state index contributed by atoms with van der Waals surface area (Å²) in [6.45, 7) is -0.851. The number of imide groups is 1. The molecule has 1 fully saturated rings. The van der Waals surface area contributed by atoms with Gasteiger partial charge in [-0.25, -0.2) is 0 Å². The maximum atomic E-state index is 12.7. The number of non-ortho nitro benzene ring substituents is 1. The smallest absolute Gasteiger partial charge is 0.293 e. The second-order valence-corrected chi connectivity index (χ2v) is 7.28. The minimum Gasteiger partial charge on any atom is -0.483 e. The lowest BCUT2D eigenvalue weighted by Crippen LogP contribution is -2.33. The number of benzene rings is 2. The Labute approximate surface area is 179 Å². The van der Waals surface area contributed by atoms with Crippen LogP contribution in [0.25, 0.3) is 6.08 Å². The predicted molar refractivity (Wildman–Crippen MR) is 111 cm³/mol. The van der Waals surface area contributed by atoms with Crippen molar-refractivity contribution in [2.75, 3.05) is 13.2 Å². The fourth-order valence-electron chi connectivity index (χ4n) is 2.66. The Morgan fingerprint density at radius 1 is 1.13 bits per heavy atom. The molecule has 0 unspecified atom stereocenters. The molecule has 10 nitrogen and oxygen atoms in total. The number of amides is 3. The number of nitrogens with two attached hydrogens (primary N) is 1. The van der Waals surface area contributed by atoms with Gasteiger partial charge in [0.15, 0.2) is 12.4 Å². The van der Waals surface area contributed by atoms with Gasteiger partial charge in [-0.2, -0.15) is 0 Å². The molecule has 2 aromatic rings. The Kier molecular flexibility index (Phi) is 6.46. The summed E-state index contributed by atoms with van der Waals surface area (Å²) in [5.74, 6) is -1.56. The normalized spacial score (nSPS) is 14.7. The Hall–Kier alpha value is -3.99. The molecule has 0 atom stereocenters. The van der Waals surface area contributed by atoms with Gasteiger partial charge in [0, 0.05) is 23.3 Å². The number of primary amides is 1. The number of thioether (sulfide) groups is 1. The minimum absolute atomic E-state index is 0.0802. The third-order valence-electron chi connectivity index (χ3n) is 4.15. The molecule has 2 aromatic carbocycles. The molecular formula is C20H15N3O7S. The van der Waals surface area contributed by atoms with Crippen LogP contribution in [0.5, 0.6) is 5.75 Å². The van der Waals surface area contributed by atoms with Crippen LogP contribution in [0.4, 0.5) is 10.5 Å². The summed E-state index contributed by atoms with van der Waals surface area (Å²) in [5.41, 5.74) is 5.49. The van der Waals surface area contributed by atoms with Crippen LogP contribution in [0.3, 0.4) is 0 Å². The molecule has 1 heterocycles. The topological polar surface area (TPSA) is 150 Å². The van der Waals surface area contributed by atoms with Crippen molar-refractivity contribution in [2.24, 2.45) is 5.73 Å². The van der Waals surface area contributed by atoms with Crippen LogP contribution in [0.1, 0.15) is 15.9 Å². The molecule has 158 valence electrons. The molecule has 1 aliphatic heterocycles. The first-order valence-electron chi connectivity index (χ1n) is 8.79. The van der Waals surface area contributed by atoms with Crippen molar-refractivity contribution in [3.05, 3.63) is 74.7 Å². The Balaban J connectivity index is 1.76. The van der Waals surface area contributed by atoms with E-state index in [4.69, 9.17) is 10.5 Å². The lowest BCUT2D eigenvalue weighted by atomic mass is 10.1. The summed E-state index contributed by atoms with van der Waals surface area (Å²) in [6, 6.07) is 11.4. The van der Waals surface area contributed by atoms with E-state index < -0.39 is 34.3 Å². The van der Waals surface area contributed by atoms with Crippen LogP contribution in [-0.4, -0.2) is 45.8 Å². The highest BCUT2D eigenvalue weighted by Gasteiger charge is 2.36. The molecule has 0 bridgehead atoms. The molecule has 0 aromatic heterocycles. The minimum atomic E-state index is -0.667. The molecule has 1 saturated heterocycles. The van der Waals surface area contributed by atoms with E-state index in [1.807, 2.05) is 0 Å². The Morgan fingerprint density at radius 3 is 2.45 bits per heavy atom. The third kappa shape index (κ3) is 5.14. The molecule has 11 heteroatoms. The molecule has 3 rings (SSSR count). The highest BCUT2D eigenvalue weighted by Crippen LogP contribution is 2.34. The quantitative estimate of drug-likeness (QED) is 0.284. The summed E-state index contributed by atoms with van der Waals surface area (Å²) < 4.78 is 5.31. The first-order valence-corrected chi connectivity index (χ1v) is 9.61. The molecule has 2 N–H and O–H groups in total. The van der Waals surface area contributed by atoms with Gasteiger partial charge in [0.25, 0.3) is 22.7 Å². The van der Waals surface area contributed by atoms with E-state index in [-0.39, 0.29) is 22.8 Å². The van der Waals surface area contributed by atoms with Crippen LogP contribution >= 0.6 is 11.8 Å². The maximum absolute atomic E-state index is 12.7. The number of nitro benzene ring substituents is 1. The maximum Gasteiger partial charge on any atom is 0.293 e. The summed E-state index contributed by atoms with van der Waals surface area (Å²) >= 11 is 0.663. The van der Waals surface area contributed by atoms with Crippen molar-refractivity contribution in [1.82, 2.24) is 4.90 Å². The van der Waals surface area contributed by atoms with Gasteiger partial charge in [-0.3, -0.25) is 34.2 Å². The largest absolute Gasteiger partial charge is 0.483 e. The van der Waals surface area contributed by atoms with E-state index in [1.165, 1.54) is 30.3 Å². The van der Waals surface area contributed by atoms with Gasteiger partial charge in [0.1, 0.15) is 5.75 Å². The van der Waals surface area contributed by atoms with Gasteiger partial charge in [-0.05, 0) is 36.0 Å². The summed E-state index contributed by atoms with van der Waals surface area (Å²) in [6.07, 6.45) is 1.43. The molecular weight excluding hydrogens is 426 g/mol. The Bertz CT molecular complexity index is 1110. The van der Waals surface area contributed by atoms with Crippen LogP contribution in [0, 0.1) is 10.1 Å². The predicted octanol–water partition coefficient (Wildman–Crippen LogP) is 2.38. The number of rotatable bonds is 8. The monoisotopic (exact) mass is 441 g/mol. The van der Waals surface area contributed by atoms with E-state index in [0.717, 1.165) is 4.90 Å². The summed E-state index contributed by atoms with van der Waals surface area (Å²) in [4.78, 5) is 59.3. The molecule has 3 amide bonds. The number of para-hydroxylation sites is 1. The summed E-state index contributed by atoms with van der Waals surface area (Å²) in [7, 11) is 0. The first-order chi connectivity index (χ1) is 14.8. The number of hydrogen-bond donors (Lipinski definition) is 1. The van der Waals surface area contributed by atoms with Gasteiger partial charge >= 0.3 is 0 Å². The SMILES string of the molecule is NC(=O)COc1ccccc1/C=C1/SC(=O)N(CC(=O)c2ccc([N+](=O)[O-])cc2)C1=O. The number of ether oxygens (including phenoxy) is 1. The molecule has 31 heavy (non-hydrogen) atoms. The number of ketones is 1. The van der Waals surface area contributed by atoms with Gasteiger partial charge in [-0.1, -0.05) is 18.2 Å². The van der Waals surface area contributed by atoms with Crippen LogP contribution in [0.15, 0.2) is 53.4 Å². The average Bonchev–Trinajstić information content (AvgIpc) is 3.00. The zero-order valence-electron chi connectivity index (χ0n) is 15.8. The van der Waals surface area contributed by atoms with Crippen molar-refractivity contribution in [3.63, 3.8) is 0 Å². The van der Waals surface area contributed by atoms with Gasteiger partial charge in [0.05, 0.1) is 16.4 Å². The number of carbonyl (C=O) groups excluding carboxylic acids is 4. The fourth-order valence-corrected chi connectivity index (χ4v) is 3.49. The molecule has 0 saturated carbocycles. The second-order valence-electron chi connectivity index (χ2n) is 6.29. The van der Waals surface area contributed by atoms with Gasteiger partial charge in [0.2, 0.25) is 0 Å². The van der Waals surface area contributed by atoms with Crippen molar-refractivity contribution in [2.45, 2.75) is 0 Å². The van der Waals surface area contributed by atoms with E-state index in [0.29, 0.717) is 23.1 Å². The zero-order valence-corrected chi connectivity index (χ0v) is 16.7. The first kappa shape index (κ1) is 21.7. The molecule has 0 spiro atoms. The van der Waals surface area contributed by atoms with Crippen LogP contribution in [0.2, 0.25) is 0 Å². The fraction of sp³-hybridized carbons (Fsp3) is 0.100. The number of carbonyl (C=O) groups is 4. The highest BCUT2D eigenvalue weighted by atomic mass is 32.2. The Morgan fingerprint density at radius 2 is 1.81 bits per heavy atom. The number of nitrogens with zero attached hydrogens (tertiary/aromatic N) is 2. The third-order valence-corrected chi connectivity index (χ3v) is 5.06. The standard InChI is InChI=1S/C20H15N3O7S/c21-18(25)11-30-16-4-2-1-3-13(16)9-17-19(26)22(20(27)31-17)10-15(24)12-5-7-14(8-6-12)23(28)29/h1-9H,10-11H2,(H2,21,25)/b17-9+. The van der Waals surface area contributed by atoms with Crippen LogP contribution in [-0.2, 0) is 9.59 Å². The molecule has 0 radical (unpaired) electrons. The second kappa shape index (κ2) is 9.22. The van der Waals surface area contributed by atoms with E-state index in [1.54, 1.807) is 24.3 Å². The van der Waals surface area contributed by atoms with Crippen molar-refractivity contribution in [1.29, 1.82) is 0 Å². The number of nitro groups is 1. The van der Waals surface area contributed by atoms with E-state index >= 15 is 0 Å². The van der Waals surface area contributed by atoms with Gasteiger partial charge < -0.3 is 10.5 Å². The average molecular weight is 441 g/mol. The highest BCUT2D eigenvalue weighted by molar-refractivity contribution is 8.18. The van der Waals surface area contributed by atoms with E-state index in [9.17, 15) is 29.3 Å². The molecule has 1 aliphatic rings. The summed E-state index contributed by atoms with van der Waals surface area (Å²) in [5, 5.41) is 10.1. The van der Waals surface area contributed by atoms with E-state index in [2.05, 4.69) is 0 Å². The number of hydrogen-bond acceptors (Lipinski definition) is 8. The van der Waals surface area contributed by atoms with Crippen molar-refractivity contribution in [3.8, 4) is 5.75 Å². The van der Waals surface area contributed by atoms with Crippen molar-refractivity contribution < 1.29 is 28.8 Å². The number of Topliss-reactive ketones (excluding diaryl/α,β-unsaturated/α-hetero) is 1. The molecule has 0 aliphatic carbocycles. The lowest BCUT2D eigenvalue weighted by molar-refractivity contribution is -0.384. The van der Waals surface area contributed by atoms with Crippen LogP contribution < -0.4 is 10.5 Å². The van der Waals surface area contributed by atoms with Gasteiger partial charge in [-0.15, -0.1) is 0 Å².